The summed E-state index contributed by atoms with van der Waals surface area (Å²) >= 11 is 0. The highest BCUT2D eigenvalue weighted by atomic mass is 32.2. The fraction of sp³-hybridized carbons (Fsp3) is 0.174. The molecule has 1 N–H and O–H groups in total. The molecule has 0 bridgehead atoms. The third-order valence-electron chi connectivity index (χ3n) is 4.78. The van der Waals surface area contributed by atoms with E-state index in [-0.39, 0.29) is 13.2 Å². The number of ether oxygens (including phenoxy) is 3. The number of rotatable bonds is 10. The van der Waals surface area contributed by atoms with E-state index in [1.54, 1.807) is 44.6 Å². The van der Waals surface area contributed by atoms with Crippen molar-refractivity contribution in [2.24, 2.45) is 0 Å². The fourth-order valence-electron chi connectivity index (χ4n) is 3.12. The summed E-state index contributed by atoms with van der Waals surface area (Å²) in [5, 5.41) is 13.9. The smallest absolute Gasteiger partial charge is 0.233 e. The van der Waals surface area contributed by atoms with E-state index in [0.29, 0.717) is 34.4 Å². The van der Waals surface area contributed by atoms with E-state index in [2.05, 4.69) is 20.0 Å². The van der Waals surface area contributed by atoms with Crippen LogP contribution in [0, 0.1) is 0 Å². The Balaban J connectivity index is 1.42. The largest absolute Gasteiger partial charge is 0.497 e. The van der Waals surface area contributed by atoms with Gasteiger partial charge in [-0.2, -0.15) is 4.52 Å². The van der Waals surface area contributed by atoms with Gasteiger partial charge in [-0.1, -0.05) is 30.3 Å². The maximum Gasteiger partial charge on any atom is 0.233 e. The molecule has 0 amide bonds. The van der Waals surface area contributed by atoms with Crippen molar-refractivity contribution in [3.8, 4) is 28.8 Å². The molecule has 2 heterocycles. The Bertz CT molecular complexity index is 1400. The van der Waals surface area contributed by atoms with Crippen LogP contribution in [0.2, 0.25) is 0 Å². The van der Waals surface area contributed by atoms with Gasteiger partial charge in [-0.25, -0.2) is 13.1 Å². The van der Waals surface area contributed by atoms with E-state index in [0.717, 1.165) is 11.0 Å². The van der Waals surface area contributed by atoms with Crippen molar-refractivity contribution >= 4 is 21.7 Å². The number of aromatic nitrogens is 4. The third kappa shape index (κ3) is 5.50. The predicted molar refractivity (Wildman–Crippen MR) is 127 cm³/mol. The summed E-state index contributed by atoms with van der Waals surface area (Å²) in [6.07, 6.45) is 1.53. The standard InChI is InChI=1S/C23H23N5O5S/c1-31-18-8-9-19(20(16-18)32-2)23-26-25-21-10-11-22(27-28(21)23)33-14-13-24-34(29,30)15-12-17-6-4-3-5-7-17/h3-12,15-16,24H,13-14H2,1-2H3/b15-12+. The van der Waals surface area contributed by atoms with E-state index in [4.69, 9.17) is 14.2 Å². The lowest BCUT2D eigenvalue weighted by Crippen LogP contribution is -2.26. The quantitative estimate of drug-likeness (QED) is 0.344. The average molecular weight is 482 g/mol. The number of nitrogens with zero attached hydrogens (tertiary/aromatic N) is 4. The maximum atomic E-state index is 12.2. The molecular weight excluding hydrogens is 458 g/mol. The Morgan fingerprint density at radius 1 is 1.00 bits per heavy atom. The molecular formula is C23H23N5O5S. The van der Waals surface area contributed by atoms with Gasteiger partial charge in [0, 0.05) is 24.1 Å². The Kier molecular flexibility index (Phi) is 7.04. The first-order chi connectivity index (χ1) is 16.5. The van der Waals surface area contributed by atoms with Gasteiger partial charge in [0.15, 0.2) is 11.5 Å². The molecule has 176 valence electrons. The van der Waals surface area contributed by atoms with Crippen LogP contribution in [0.1, 0.15) is 5.56 Å². The molecule has 34 heavy (non-hydrogen) atoms. The van der Waals surface area contributed by atoms with Gasteiger partial charge in [-0.05, 0) is 29.8 Å². The van der Waals surface area contributed by atoms with Crippen molar-refractivity contribution < 1.29 is 22.6 Å². The molecule has 4 rings (SSSR count). The summed E-state index contributed by atoms with van der Waals surface area (Å²) in [6.45, 7) is 0.156. The molecule has 0 saturated carbocycles. The molecule has 0 unspecified atom stereocenters. The minimum Gasteiger partial charge on any atom is -0.497 e. The van der Waals surface area contributed by atoms with Crippen LogP contribution in [0.3, 0.4) is 0 Å². The van der Waals surface area contributed by atoms with Crippen LogP contribution in [0.5, 0.6) is 17.4 Å². The molecule has 0 radical (unpaired) electrons. The van der Waals surface area contributed by atoms with Gasteiger partial charge in [0.2, 0.25) is 15.9 Å². The zero-order chi connectivity index (χ0) is 24.0. The molecule has 11 heteroatoms. The van der Waals surface area contributed by atoms with Crippen molar-refractivity contribution in [3.63, 3.8) is 0 Å². The number of hydrogen-bond donors (Lipinski definition) is 1. The molecule has 0 fully saturated rings. The van der Waals surface area contributed by atoms with Crippen molar-refractivity contribution in [2.75, 3.05) is 27.4 Å². The van der Waals surface area contributed by atoms with Gasteiger partial charge in [0.05, 0.1) is 19.8 Å². The van der Waals surface area contributed by atoms with Gasteiger partial charge in [-0.3, -0.25) is 0 Å². The van der Waals surface area contributed by atoms with Gasteiger partial charge >= 0.3 is 0 Å². The third-order valence-corrected chi connectivity index (χ3v) is 5.88. The molecule has 4 aromatic rings. The first-order valence-electron chi connectivity index (χ1n) is 10.3. The van der Waals surface area contributed by atoms with E-state index >= 15 is 0 Å². The Hall–Kier alpha value is -3.96. The SMILES string of the molecule is COc1ccc(-c2nnc3ccc(OCCNS(=O)(=O)/C=C/c4ccccc4)nn23)c(OC)c1. The molecule has 10 nitrogen and oxygen atoms in total. The molecule has 0 aliphatic heterocycles. The molecule has 0 spiro atoms. The van der Waals surface area contributed by atoms with Crippen LogP contribution in [-0.4, -0.2) is 55.6 Å². The first kappa shape index (κ1) is 23.2. The number of hydrogen-bond acceptors (Lipinski definition) is 8. The van der Waals surface area contributed by atoms with Crippen LogP contribution in [-0.2, 0) is 10.0 Å². The minimum absolute atomic E-state index is 0.0719. The number of methoxy groups -OCH3 is 2. The lowest BCUT2D eigenvalue weighted by Gasteiger charge is -2.09. The van der Waals surface area contributed by atoms with Crippen molar-refractivity contribution in [1.82, 2.24) is 24.5 Å². The molecule has 2 aromatic heterocycles. The summed E-state index contributed by atoms with van der Waals surface area (Å²) in [5.41, 5.74) is 1.99. The van der Waals surface area contributed by atoms with Gasteiger partial charge in [-0.15, -0.1) is 15.3 Å². The summed E-state index contributed by atoms with van der Waals surface area (Å²) in [4.78, 5) is 0. The van der Waals surface area contributed by atoms with Crippen LogP contribution in [0.4, 0.5) is 0 Å². The van der Waals surface area contributed by atoms with Crippen LogP contribution in [0.25, 0.3) is 23.1 Å². The number of nitrogens with one attached hydrogen (secondary N) is 1. The average Bonchev–Trinajstić information content (AvgIpc) is 3.29. The Labute approximate surface area is 196 Å². The Morgan fingerprint density at radius 2 is 1.82 bits per heavy atom. The molecule has 0 atom stereocenters. The second kappa shape index (κ2) is 10.3. The van der Waals surface area contributed by atoms with E-state index < -0.39 is 10.0 Å². The van der Waals surface area contributed by atoms with Crippen LogP contribution in [0.15, 0.2) is 66.1 Å². The minimum atomic E-state index is -3.60. The monoisotopic (exact) mass is 481 g/mol. The van der Waals surface area contributed by atoms with Gasteiger partial charge < -0.3 is 14.2 Å². The van der Waals surface area contributed by atoms with Crippen LogP contribution >= 0.6 is 0 Å². The van der Waals surface area contributed by atoms with Gasteiger partial charge in [0.1, 0.15) is 18.1 Å². The van der Waals surface area contributed by atoms with Crippen molar-refractivity contribution in [2.45, 2.75) is 0 Å². The Morgan fingerprint density at radius 3 is 2.59 bits per heavy atom. The summed E-state index contributed by atoms with van der Waals surface area (Å²) in [5.74, 6) is 1.96. The highest BCUT2D eigenvalue weighted by Gasteiger charge is 2.16. The van der Waals surface area contributed by atoms with Crippen LogP contribution < -0.4 is 18.9 Å². The highest BCUT2D eigenvalue weighted by Crippen LogP contribution is 2.32. The topological polar surface area (TPSA) is 117 Å². The second-order valence-electron chi connectivity index (χ2n) is 7.03. The highest BCUT2D eigenvalue weighted by molar-refractivity contribution is 7.92. The lowest BCUT2D eigenvalue weighted by atomic mass is 10.2. The molecule has 0 aliphatic carbocycles. The summed E-state index contributed by atoms with van der Waals surface area (Å²) < 4.78 is 44.6. The molecule has 2 aromatic carbocycles. The lowest BCUT2D eigenvalue weighted by molar-refractivity contribution is 0.306. The molecule has 0 saturated heterocycles. The second-order valence-corrected chi connectivity index (χ2v) is 8.68. The number of fused-ring (bicyclic) bond motifs is 1. The zero-order valence-electron chi connectivity index (χ0n) is 18.6. The predicted octanol–water partition coefficient (Wildman–Crippen LogP) is 2.78. The number of sulfonamides is 1. The van der Waals surface area contributed by atoms with E-state index in [9.17, 15) is 8.42 Å². The van der Waals surface area contributed by atoms with Crippen molar-refractivity contribution in [3.05, 3.63) is 71.6 Å². The van der Waals surface area contributed by atoms with E-state index in [1.807, 2.05) is 30.3 Å². The van der Waals surface area contributed by atoms with E-state index in [1.165, 1.54) is 10.6 Å². The normalized spacial score (nSPS) is 11.7. The van der Waals surface area contributed by atoms with Gasteiger partial charge in [0.25, 0.3) is 0 Å². The van der Waals surface area contributed by atoms with Crippen molar-refractivity contribution in [1.29, 1.82) is 0 Å². The number of benzene rings is 2. The zero-order valence-corrected chi connectivity index (χ0v) is 19.4. The summed E-state index contributed by atoms with van der Waals surface area (Å²) in [6, 6.07) is 17.9. The maximum absolute atomic E-state index is 12.2. The molecule has 0 aliphatic rings. The first-order valence-corrected chi connectivity index (χ1v) is 11.8. The summed E-state index contributed by atoms with van der Waals surface area (Å²) in [7, 11) is -0.466. The fourth-order valence-corrected chi connectivity index (χ4v) is 3.92.